The minimum atomic E-state index is 0.0142. The summed E-state index contributed by atoms with van der Waals surface area (Å²) in [6.45, 7) is 5.64. The standard InChI is InChI=1S/C16H26N4O2/c1-5-12(2)10-16(21)20-9-8-13(11-20)22-15-7-6-14(17-18-15)19(3)4/h6-7,12-13H,5,8-11H2,1-4H3. The van der Waals surface area contributed by atoms with Crippen molar-refractivity contribution in [1.29, 1.82) is 0 Å². The van der Waals surface area contributed by atoms with Crippen LogP contribution in [0.25, 0.3) is 0 Å². The predicted octanol–water partition coefficient (Wildman–Crippen LogP) is 1.96. The highest BCUT2D eigenvalue weighted by Gasteiger charge is 2.28. The maximum Gasteiger partial charge on any atom is 0.233 e. The van der Waals surface area contributed by atoms with E-state index in [2.05, 4.69) is 24.0 Å². The molecule has 0 saturated carbocycles. The Morgan fingerprint density at radius 3 is 2.82 bits per heavy atom. The van der Waals surface area contributed by atoms with Crippen molar-refractivity contribution in [2.24, 2.45) is 5.92 Å². The SMILES string of the molecule is CCC(C)CC(=O)N1CCC(Oc2ccc(N(C)C)nn2)C1. The van der Waals surface area contributed by atoms with Crippen molar-refractivity contribution in [1.82, 2.24) is 15.1 Å². The third-order valence-corrected chi connectivity index (χ3v) is 4.09. The zero-order chi connectivity index (χ0) is 16.1. The second-order valence-corrected chi connectivity index (χ2v) is 6.21. The number of amides is 1. The third-order valence-electron chi connectivity index (χ3n) is 4.09. The van der Waals surface area contributed by atoms with Crippen molar-refractivity contribution in [2.45, 2.75) is 39.2 Å². The fourth-order valence-electron chi connectivity index (χ4n) is 2.41. The van der Waals surface area contributed by atoms with Gasteiger partial charge < -0.3 is 14.5 Å². The Bertz CT molecular complexity index is 489. The molecule has 6 nitrogen and oxygen atoms in total. The molecule has 1 amide bonds. The molecule has 0 aliphatic carbocycles. The van der Waals surface area contributed by atoms with Gasteiger partial charge in [-0.15, -0.1) is 10.2 Å². The first-order valence-electron chi connectivity index (χ1n) is 7.95. The molecular weight excluding hydrogens is 280 g/mol. The molecule has 0 radical (unpaired) electrons. The molecule has 1 fully saturated rings. The summed E-state index contributed by atoms with van der Waals surface area (Å²) in [7, 11) is 3.84. The highest BCUT2D eigenvalue weighted by Crippen LogP contribution is 2.19. The molecule has 1 aliphatic heterocycles. The Hall–Kier alpha value is -1.85. The van der Waals surface area contributed by atoms with Gasteiger partial charge in [-0.2, -0.15) is 0 Å². The Balaban J connectivity index is 1.84. The molecule has 1 aromatic heterocycles. The summed E-state index contributed by atoms with van der Waals surface area (Å²) < 4.78 is 5.84. The number of carbonyl (C=O) groups is 1. The van der Waals surface area contributed by atoms with Crippen LogP contribution in [-0.2, 0) is 4.79 Å². The van der Waals surface area contributed by atoms with Gasteiger partial charge in [-0.3, -0.25) is 4.79 Å². The van der Waals surface area contributed by atoms with E-state index in [-0.39, 0.29) is 12.0 Å². The molecule has 2 unspecified atom stereocenters. The lowest BCUT2D eigenvalue weighted by Gasteiger charge is -2.18. The average Bonchev–Trinajstić information content (AvgIpc) is 2.96. The summed E-state index contributed by atoms with van der Waals surface area (Å²) in [5.74, 6) is 1.99. The Morgan fingerprint density at radius 2 is 2.23 bits per heavy atom. The summed E-state index contributed by atoms with van der Waals surface area (Å²) in [6, 6.07) is 3.70. The van der Waals surface area contributed by atoms with E-state index in [0.29, 0.717) is 24.8 Å². The Labute approximate surface area is 132 Å². The molecule has 122 valence electrons. The van der Waals surface area contributed by atoms with Gasteiger partial charge in [0.15, 0.2) is 5.82 Å². The van der Waals surface area contributed by atoms with Crippen LogP contribution < -0.4 is 9.64 Å². The largest absolute Gasteiger partial charge is 0.471 e. The van der Waals surface area contributed by atoms with Gasteiger partial charge in [0.05, 0.1) is 6.54 Å². The van der Waals surface area contributed by atoms with Gasteiger partial charge >= 0.3 is 0 Å². The highest BCUT2D eigenvalue weighted by atomic mass is 16.5. The van der Waals surface area contributed by atoms with Crippen molar-refractivity contribution in [3.8, 4) is 5.88 Å². The van der Waals surface area contributed by atoms with Crippen LogP contribution in [0.3, 0.4) is 0 Å². The van der Waals surface area contributed by atoms with Gasteiger partial charge in [0.1, 0.15) is 6.10 Å². The lowest BCUT2D eigenvalue weighted by molar-refractivity contribution is -0.131. The van der Waals surface area contributed by atoms with Gasteiger partial charge in [-0.25, -0.2) is 0 Å². The van der Waals surface area contributed by atoms with Gasteiger partial charge in [0.2, 0.25) is 11.8 Å². The van der Waals surface area contributed by atoms with Gasteiger partial charge in [0.25, 0.3) is 0 Å². The summed E-state index contributed by atoms with van der Waals surface area (Å²) in [5, 5.41) is 8.17. The lowest BCUT2D eigenvalue weighted by Crippen LogP contribution is -2.31. The summed E-state index contributed by atoms with van der Waals surface area (Å²) in [5.41, 5.74) is 0. The van der Waals surface area contributed by atoms with Crippen LogP contribution >= 0.6 is 0 Å². The fraction of sp³-hybridized carbons (Fsp3) is 0.688. The number of anilines is 1. The molecule has 6 heteroatoms. The third kappa shape index (κ3) is 4.32. The minimum absolute atomic E-state index is 0.0142. The van der Waals surface area contributed by atoms with Gasteiger partial charge in [-0.05, 0) is 12.0 Å². The number of hydrogen-bond donors (Lipinski definition) is 0. The molecule has 1 aliphatic rings. The van der Waals surface area contributed by atoms with Crippen LogP contribution in [0.2, 0.25) is 0 Å². The summed E-state index contributed by atoms with van der Waals surface area (Å²) >= 11 is 0. The molecule has 0 spiro atoms. The summed E-state index contributed by atoms with van der Waals surface area (Å²) in [4.78, 5) is 16.0. The van der Waals surface area contributed by atoms with Crippen LogP contribution in [0.5, 0.6) is 5.88 Å². The van der Waals surface area contributed by atoms with E-state index in [1.807, 2.05) is 36.0 Å². The second kappa shape index (κ2) is 7.42. The number of hydrogen-bond acceptors (Lipinski definition) is 5. The number of nitrogens with zero attached hydrogens (tertiary/aromatic N) is 4. The van der Waals surface area contributed by atoms with Crippen LogP contribution in [0.4, 0.5) is 5.82 Å². The molecule has 0 aromatic carbocycles. The minimum Gasteiger partial charge on any atom is -0.471 e. The maximum absolute atomic E-state index is 12.2. The average molecular weight is 306 g/mol. The first-order chi connectivity index (χ1) is 10.5. The first kappa shape index (κ1) is 16.5. The smallest absolute Gasteiger partial charge is 0.233 e. The maximum atomic E-state index is 12.2. The fourth-order valence-corrected chi connectivity index (χ4v) is 2.41. The monoisotopic (exact) mass is 306 g/mol. The molecule has 0 bridgehead atoms. The zero-order valence-corrected chi connectivity index (χ0v) is 14.0. The second-order valence-electron chi connectivity index (χ2n) is 6.21. The van der Waals surface area contributed by atoms with Crippen molar-refractivity contribution >= 4 is 11.7 Å². The lowest BCUT2D eigenvalue weighted by atomic mass is 10.0. The van der Waals surface area contributed by atoms with E-state index in [4.69, 9.17) is 4.74 Å². The number of likely N-dealkylation sites (tertiary alicyclic amines) is 1. The Morgan fingerprint density at radius 1 is 1.45 bits per heavy atom. The van der Waals surface area contributed by atoms with E-state index < -0.39 is 0 Å². The molecular formula is C16H26N4O2. The highest BCUT2D eigenvalue weighted by molar-refractivity contribution is 5.76. The van der Waals surface area contributed by atoms with E-state index in [9.17, 15) is 4.79 Å². The number of carbonyl (C=O) groups excluding carboxylic acids is 1. The van der Waals surface area contributed by atoms with E-state index in [1.54, 1.807) is 0 Å². The molecule has 2 heterocycles. The van der Waals surface area contributed by atoms with Crippen molar-refractivity contribution in [2.75, 3.05) is 32.1 Å². The number of rotatable bonds is 6. The van der Waals surface area contributed by atoms with Gasteiger partial charge in [-0.1, -0.05) is 20.3 Å². The molecule has 1 aromatic rings. The van der Waals surface area contributed by atoms with Crippen molar-refractivity contribution in [3.05, 3.63) is 12.1 Å². The quantitative estimate of drug-likeness (QED) is 0.804. The molecule has 0 N–H and O–H groups in total. The van der Waals surface area contributed by atoms with Gasteiger partial charge in [0, 0.05) is 39.5 Å². The molecule has 2 rings (SSSR count). The Kier molecular flexibility index (Phi) is 5.57. The summed E-state index contributed by atoms with van der Waals surface area (Å²) in [6.07, 6.45) is 2.53. The normalized spacial score (nSPS) is 19.1. The van der Waals surface area contributed by atoms with E-state index >= 15 is 0 Å². The van der Waals surface area contributed by atoms with Crippen molar-refractivity contribution in [3.63, 3.8) is 0 Å². The molecule has 22 heavy (non-hydrogen) atoms. The van der Waals surface area contributed by atoms with Crippen LogP contribution in [0.1, 0.15) is 33.1 Å². The zero-order valence-electron chi connectivity index (χ0n) is 14.0. The van der Waals surface area contributed by atoms with E-state index in [0.717, 1.165) is 25.2 Å². The van der Waals surface area contributed by atoms with Crippen molar-refractivity contribution < 1.29 is 9.53 Å². The van der Waals surface area contributed by atoms with E-state index in [1.165, 1.54) is 0 Å². The van der Waals surface area contributed by atoms with Crippen LogP contribution in [0.15, 0.2) is 12.1 Å². The molecule has 1 saturated heterocycles. The predicted molar refractivity (Wildman–Crippen MR) is 86.0 cm³/mol. The first-order valence-corrected chi connectivity index (χ1v) is 7.95. The van der Waals surface area contributed by atoms with Crippen LogP contribution in [-0.4, -0.2) is 54.3 Å². The topological polar surface area (TPSA) is 58.6 Å². The van der Waals surface area contributed by atoms with Crippen LogP contribution in [0, 0.1) is 5.92 Å². The number of ether oxygens (including phenoxy) is 1. The number of aromatic nitrogens is 2. The molecule has 2 atom stereocenters.